The van der Waals surface area contributed by atoms with E-state index in [-0.39, 0.29) is 22.3 Å². The molecule has 0 aliphatic carbocycles. The molecule has 1 atom stereocenters. The van der Waals surface area contributed by atoms with Crippen LogP contribution in [0.4, 0.5) is 10.7 Å². The first-order valence-corrected chi connectivity index (χ1v) is 13.9. The van der Waals surface area contributed by atoms with Crippen LogP contribution >= 0.6 is 0 Å². The molecule has 3 aromatic rings. The molecule has 10 nitrogen and oxygen atoms in total. The molecule has 39 heavy (non-hydrogen) atoms. The quantitative estimate of drug-likeness (QED) is 0.324. The molecule has 0 aliphatic rings. The maximum absolute atomic E-state index is 13.2. The average Bonchev–Trinajstić information content (AvgIpc) is 2.82. The van der Waals surface area contributed by atoms with E-state index in [4.69, 9.17) is 4.74 Å². The number of alkyl carbamates (subject to hydrolysis) is 1. The first-order chi connectivity index (χ1) is 18.2. The summed E-state index contributed by atoms with van der Waals surface area (Å²) in [6, 6.07) is 12.7. The Bertz CT molecular complexity index is 1460. The maximum Gasteiger partial charge on any atom is 0.407 e. The summed E-state index contributed by atoms with van der Waals surface area (Å²) in [7, 11) is -4.19. The molecule has 11 heteroatoms. The molecule has 0 saturated heterocycles. The Morgan fingerprint density at radius 1 is 1.03 bits per heavy atom. The molecular weight excluding hydrogens is 520 g/mol. The zero-order valence-corrected chi connectivity index (χ0v) is 23.7. The zero-order chi connectivity index (χ0) is 29.0. The predicted molar refractivity (Wildman–Crippen MR) is 148 cm³/mol. The third kappa shape index (κ3) is 8.00. The van der Waals surface area contributed by atoms with E-state index in [0.717, 1.165) is 22.8 Å². The van der Waals surface area contributed by atoms with E-state index in [0.29, 0.717) is 24.4 Å². The molecule has 208 valence electrons. The lowest BCUT2D eigenvalue weighted by molar-refractivity contribution is 0.0525. The van der Waals surface area contributed by atoms with Gasteiger partial charge in [0.25, 0.3) is 10.0 Å². The molecule has 0 fully saturated rings. The smallest absolute Gasteiger partial charge is 0.407 e. The van der Waals surface area contributed by atoms with E-state index in [1.54, 1.807) is 20.8 Å². The number of hydrogen-bond donors (Lipinski definition) is 3. The van der Waals surface area contributed by atoms with Crippen LogP contribution < -0.4 is 10.0 Å². The topological polar surface area (TPSA) is 148 Å². The molecule has 0 bridgehead atoms. The number of benzene rings is 2. The van der Waals surface area contributed by atoms with Crippen LogP contribution in [-0.4, -0.2) is 47.7 Å². The number of carboxylic acid groups (broad SMARTS) is 1. The highest BCUT2D eigenvalue weighted by atomic mass is 32.2. The Kier molecular flexibility index (Phi) is 8.96. The van der Waals surface area contributed by atoms with E-state index in [2.05, 4.69) is 20.0 Å². The normalized spacial score (nSPS) is 12.5. The number of nitrogens with one attached hydrogen (secondary N) is 2. The van der Waals surface area contributed by atoms with Crippen molar-refractivity contribution < 1.29 is 27.9 Å². The van der Waals surface area contributed by atoms with Crippen LogP contribution in [-0.2, 0) is 14.8 Å². The average molecular weight is 555 g/mol. The molecule has 1 unspecified atom stereocenters. The van der Waals surface area contributed by atoms with Gasteiger partial charge in [-0.15, -0.1) is 0 Å². The minimum atomic E-state index is -4.19. The minimum Gasteiger partial charge on any atom is -0.478 e. The molecule has 1 heterocycles. The number of aromatic nitrogens is 2. The number of carbonyl (C=O) groups excluding carboxylic acids is 1. The third-order valence-corrected chi connectivity index (χ3v) is 7.18. The number of sulfonamides is 1. The second-order valence-corrected chi connectivity index (χ2v) is 12.0. The van der Waals surface area contributed by atoms with Gasteiger partial charge < -0.3 is 15.2 Å². The van der Waals surface area contributed by atoms with Gasteiger partial charge in [-0.3, -0.25) is 0 Å². The standard InChI is InChI=1S/C28H34N4O6S/c1-17(13-14-29-27(35)38-28(4,5)6)22-16-23(24-18(2)9-7-10-19(24)3)31-26(30-22)32-39(36,37)21-12-8-11-20(15-21)25(33)34/h7-12,15-17H,13-14H2,1-6H3,(H,29,35)(H,33,34)(H,30,31,32). The molecule has 0 spiro atoms. The Morgan fingerprint density at radius 2 is 1.67 bits per heavy atom. The van der Waals surface area contributed by atoms with Crippen LogP contribution in [0, 0.1) is 13.8 Å². The number of rotatable bonds is 9. The fraction of sp³-hybridized carbons (Fsp3) is 0.357. The summed E-state index contributed by atoms with van der Waals surface area (Å²) < 4.78 is 34.0. The predicted octanol–water partition coefficient (Wildman–Crippen LogP) is 5.28. The molecule has 0 radical (unpaired) electrons. The first-order valence-electron chi connectivity index (χ1n) is 12.4. The van der Waals surface area contributed by atoms with Gasteiger partial charge in [0.2, 0.25) is 5.95 Å². The summed E-state index contributed by atoms with van der Waals surface area (Å²) in [6.45, 7) is 11.5. The second kappa shape index (κ2) is 11.8. The van der Waals surface area contributed by atoms with Crippen molar-refractivity contribution in [2.24, 2.45) is 0 Å². The van der Waals surface area contributed by atoms with Crippen molar-refractivity contribution in [1.29, 1.82) is 0 Å². The van der Waals surface area contributed by atoms with Crippen LogP contribution in [0.2, 0.25) is 0 Å². The van der Waals surface area contributed by atoms with Gasteiger partial charge >= 0.3 is 12.1 Å². The number of anilines is 1. The van der Waals surface area contributed by atoms with Crippen LogP contribution in [0.5, 0.6) is 0 Å². The van der Waals surface area contributed by atoms with Crippen molar-refractivity contribution in [3.05, 3.63) is 70.9 Å². The number of aryl methyl sites for hydroxylation is 2. The lowest BCUT2D eigenvalue weighted by Gasteiger charge is -2.20. The highest BCUT2D eigenvalue weighted by molar-refractivity contribution is 7.92. The van der Waals surface area contributed by atoms with Crippen LogP contribution in [0.1, 0.15) is 67.2 Å². The van der Waals surface area contributed by atoms with Crippen LogP contribution in [0.3, 0.4) is 0 Å². The fourth-order valence-electron chi connectivity index (χ4n) is 3.94. The zero-order valence-electron chi connectivity index (χ0n) is 22.9. The van der Waals surface area contributed by atoms with E-state index < -0.39 is 27.7 Å². The van der Waals surface area contributed by atoms with Crippen molar-refractivity contribution in [2.75, 3.05) is 11.3 Å². The van der Waals surface area contributed by atoms with Gasteiger partial charge in [0.05, 0.1) is 16.2 Å². The van der Waals surface area contributed by atoms with Crippen molar-refractivity contribution in [1.82, 2.24) is 15.3 Å². The van der Waals surface area contributed by atoms with Gasteiger partial charge in [-0.2, -0.15) is 0 Å². The number of ether oxygens (including phenoxy) is 1. The Hall–Kier alpha value is -3.99. The number of carbonyl (C=O) groups is 2. The number of amides is 1. The minimum absolute atomic E-state index is 0.141. The Balaban J connectivity index is 1.95. The lowest BCUT2D eigenvalue weighted by Crippen LogP contribution is -2.33. The Morgan fingerprint density at radius 3 is 2.28 bits per heavy atom. The lowest BCUT2D eigenvalue weighted by atomic mass is 9.97. The largest absolute Gasteiger partial charge is 0.478 e. The number of hydrogen-bond acceptors (Lipinski definition) is 7. The highest BCUT2D eigenvalue weighted by Gasteiger charge is 2.21. The number of aromatic carboxylic acids is 1. The van der Waals surface area contributed by atoms with Gasteiger partial charge in [0.1, 0.15) is 5.60 Å². The van der Waals surface area contributed by atoms with Crippen LogP contribution in [0.15, 0.2) is 53.4 Å². The molecule has 1 aromatic heterocycles. The van der Waals surface area contributed by atoms with E-state index in [1.165, 1.54) is 18.2 Å². The van der Waals surface area contributed by atoms with Gasteiger partial charge in [-0.05, 0) is 76.4 Å². The Labute approximate surface area is 228 Å². The summed E-state index contributed by atoms with van der Waals surface area (Å²) in [5.74, 6) is -1.56. The summed E-state index contributed by atoms with van der Waals surface area (Å²) in [5.41, 5.74) is 3.12. The molecule has 1 amide bonds. The van der Waals surface area contributed by atoms with Gasteiger partial charge in [0, 0.05) is 23.7 Å². The monoisotopic (exact) mass is 554 g/mol. The maximum atomic E-state index is 13.2. The number of nitrogens with zero attached hydrogens (tertiary/aromatic N) is 2. The van der Waals surface area contributed by atoms with Crippen molar-refractivity contribution in [2.45, 2.75) is 64.4 Å². The fourth-order valence-corrected chi connectivity index (χ4v) is 4.93. The van der Waals surface area contributed by atoms with Gasteiger partial charge in [0.15, 0.2) is 0 Å². The van der Waals surface area contributed by atoms with Crippen molar-refractivity contribution in [3.63, 3.8) is 0 Å². The second-order valence-electron chi connectivity index (χ2n) is 10.3. The van der Waals surface area contributed by atoms with Crippen molar-refractivity contribution >= 4 is 28.0 Å². The van der Waals surface area contributed by atoms with Gasteiger partial charge in [-0.1, -0.05) is 31.2 Å². The summed E-state index contributed by atoms with van der Waals surface area (Å²) >= 11 is 0. The van der Waals surface area contributed by atoms with E-state index in [1.807, 2.05) is 45.0 Å². The SMILES string of the molecule is Cc1cccc(C)c1-c1cc(C(C)CCNC(=O)OC(C)(C)C)nc(NS(=O)(=O)c2cccc(C(=O)O)c2)n1. The third-order valence-electron chi connectivity index (χ3n) is 5.85. The van der Waals surface area contributed by atoms with E-state index in [9.17, 15) is 23.1 Å². The molecule has 2 aromatic carbocycles. The molecule has 0 aliphatic heterocycles. The summed E-state index contributed by atoms with van der Waals surface area (Å²) in [4.78, 5) is 32.2. The van der Waals surface area contributed by atoms with Crippen molar-refractivity contribution in [3.8, 4) is 11.3 Å². The molecule has 3 rings (SSSR count). The van der Waals surface area contributed by atoms with Gasteiger partial charge in [-0.25, -0.2) is 32.7 Å². The molecular formula is C28H34N4O6S. The highest BCUT2D eigenvalue weighted by Crippen LogP contribution is 2.30. The first kappa shape index (κ1) is 29.6. The summed E-state index contributed by atoms with van der Waals surface area (Å²) in [5, 5.41) is 12.0. The molecule has 3 N–H and O–H groups in total. The van der Waals surface area contributed by atoms with Crippen LogP contribution in [0.25, 0.3) is 11.3 Å². The summed E-state index contributed by atoms with van der Waals surface area (Å²) in [6.07, 6.45) is -0.0133. The van der Waals surface area contributed by atoms with E-state index >= 15 is 0 Å². The number of carboxylic acids is 1. The molecule has 0 saturated carbocycles.